The lowest BCUT2D eigenvalue weighted by atomic mass is 10.1. The maximum Gasteiger partial charge on any atom is 0.223 e. The molecule has 0 saturated carbocycles. The molecular formula is C10H14N2O2. The van der Waals surface area contributed by atoms with E-state index in [1.54, 1.807) is 4.90 Å². The molecule has 1 aliphatic rings. The predicted octanol–water partition coefficient (Wildman–Crippen LogP) is -0.266. The monoisotopic (exact) mass is 194 g/mol. The van der Waals surface area contributed by atoms with Gasteiger partial charge < -0.3 is 10.6 Å². The predicted molar refractivity (Wildman–Crippen MR) is 51.9 cm³/mol. The number of hydrogen-bond donors (Lipinski definition) is 1. The van der Waals surface area contributed by atoms with Gasteiger partial charge in [0.05, 0.1) is 0 Å². The highest BCUT2D eigenvalue weighted by atomic mass is 16.2. The summed E-state index contributed by atoms with van der Waals surface area (Å²) in [5, 5.41) is 0. The second kappa shape index (κ2) is 4.66. The minimum absolute atomic E-state index is 0.0380. The first-order chi connectivity index (χ1) is 6.63. The Bertz CT molecular complexity index is 280. The van der Waals surface area contributed by atoms with Crippen molar-refractivity contribution in [2.24, 2.45) is 11.7 Å². The van der Waals surface area contributed by atoms with Crippen molar-refractivity contribution in [3.63, 3.8) is 0 Å². The van der Waals surface area contributed by atoms with E-state index in [9.17, 15) is 9.59 Å². The maximum absolute atomic E-state index is 11.3. The van der Waals surface area contributed by atoms with Gasteiger partial charge in [-0.1, -0.05) is 0 Å². The van der Waals surface area contributed by atoms with Crippen LogP contribution < -0.4 is 5.73 Å². The van der Waals surface area contributed by atoms with Gasteiger partial charge in [0.15, 0.2) is 0 Å². The van der Waals surface area contributed by atoms with E-state index < -0.39 is 0 Å². The van der Waals surface area contributed by atoms with E-state index in [1.807, 2.05) is 0 Å². The van der Waals surface area contributed by atoms with E-state index in [-0.39, 0.29) is 17.7 Å². The molecule has 14 heavy (non-hydrogen) atoms. The van der Waals surface area contributed by atoms with Gasteiger partial charge in [-0.25, -0.2) is 0 Å². The van der Waals surface area contributed by atoms with Gasteiger partial charge in [0.2, 0.25) is 11.8 Å². The van der Waals surface area contributed by atoms with Crippen molar-refractivity contribution in [2.75, 3.05) is 13.1 Å². The third-order valence-corrected chi connectivity index (χ3v) is 2.30. The second-order valence-electron chi connectivity index (χ2n) is 3.48. The zero-order valence-corrected chi connectivity index (χ0v) is 8.03. The van der Waals surface area contributed by atoms with Crippen molar-refractivity contribution in [3.8, 4) is 12.3 Å². The molecule has 2 amide bonds. The van der Waals surface area contributed by atoms with Crippen molar-refractivity contribution < 1.29 is 9.59 Å². The van der Waals surface area contributed by atoms with Gasteiger partial charge in [-0.15, -0.1) is 12.3 Å². The number of amides is 2. The summed E-state index contributed by atoms with van der Waals surface area (Å²) in [5.74, 6) is 2.36. The molecule has 2 N–H and O–H groups in total. The molecule has 0 aromatic rings. The highest BCUT2D eigenvalue weighted by Crippen LogP contribution is 2.16. The van der Waals surface area contributed by atoms with Crippen LogP contribution >= 0.6 is 0 Å². The Morgan fingerprint density at radius 3 is 2.93 bits per heavy atom. The first-order valence-corrected chi connectivity index (χ1v) is 4.65. The average Bonchev–Trinajstić information content (AvgIpc) is 2.47. The van der Waals surface area contributed by atoms with Gasteiger partial charge in [0, 0.05) is 31.8 Å². The Morgan fingerprint density at radius 1 is 1.71 bits per heavy atom. The molecule has 1 saturated heterocycles. The van der Waals surface area contributed by atoms with Crippen LogP contribution in [0.5, 0.6) is 0 Å². The third-order valence-electron chi connectivity index (χ3n) is 2.30. The molecule has 0 bridgehead atoms. The largest absolute Gasteiger partial charge is 0.370 e. The Labute approximate surface area is 83.4 Å². The molecular weight excluding hydrogens is 180 g/mol. The van der Waals surface area contributed by atoms with E-state index in [4.69, 9.17) is 12.2 Å². The van der Waals surface area contributed by atoms with Crippen molar-refractivity contribution >= 4 is 11.8 Å². The summed E-state index contributed by atoms with van der Waals surface area (Å²) in [6.07, 6.45) is 6.62. The van der Waals surface area contributed by atoms with Crippen LogP contribution in [0, 0.1) is 18.3 Å². The molecule has 0 radical (unpaired) electrons. The van der Waals surface area contributed by atoms with Gasteiger partial charge in [0.25, 0.3) is 0 Å². The molecule has 76 valence electrons. The normalized spacial score (nSPS) is 20.9. The fourth-order valence-corrected chi connectivity index (χ4v) is 1.54. The molecule has 4 heteroatoms. The van der Waals surface area contributed by atoms with Crippen LogP contribution in [-0.2, 0) is 9.59 Å². The molecule has 0 aromatic carbocycles. The van der Waals surface area contributed by atoms with E-state index in [0.717, 1.165) is 0 Å². The number of rotatable bonds is 4. The van der Waals surface area contributed by atoms with Gasteiger partial charge in [-0.3, -0.25) is 9.59 Å². The van der Waals surface area contributed by atoms with Gasteiger partial charge in [-0.05, 0) is 6.42 Å². The minimum Gasteiger partial charge on any atom is -0.370 e. The van der Waals surface area contributed by atoms with Crippen molar-refractivity contribution in [3.05, 3.63) is 0 Å². The zero-order valence-electron chi connectivity index (χ0n) is 8.03. The molecule has 0 aliphatic carbocycles. The average molecular weight is 194 g/mol. The summed E-state index contributed by atoms with van der Waals surface area (Å²) >= 11 is 0. The standard InChI is InChI=1S/C10H14N2O2/c1-2-8-6-10(14)12(7-8)5-3-4-9(11)13/h1,8H,3-7H2,(H2,11,13). The number of terminal acetylenes is 1. The molecule has 1 atom stereocenters. The number of hydrogen-bond acceptors (Lipinski definition) is 2. The van der Waals surface area contributed by atoms with E-state index >= 15 is 0 Å². The maximum atomic E-state index is 11.3. The number of likely N-dealkylation sites (tertiary alicyclic amines) is 1. The molecule has 1 fully saturated rings. The lowest BCUT2D eigenvalue weighted by molar-refractivity contribution is -0.128. The molecule has 0 spiro atoms. The number of carbonyl (C=O) groups excluding carboxylic acids is 2. The van der Waals surface area contributed by atoms with Crippen LogP contribution in [0.1, 0.15) is 19.3 Å². The summed E-state index contributed by atoms with van der Waals surface area (Å²) in [6, 6.07) is 0. The second-order valence-corrected chi connectivity index (χ2v) is 3.48. The Hall–Kier alpha value is -1.50. The summed E-state index contributed by atoms with van der Waals surface area (Å²) in [7, 11) is 0. The molecule has 1 heterocycles. The first-order valence-electron chi connectivity index (χ1n) is 4.65. The van der Waals surface area contributed by atoms with E-state index in [2.05, 4.69) is 5.92 Å². The lowest BCUT2D eigenvalue weighted by Gasteiger charge is -2.14. The zero-order chi connectivity index (χ0) is 10.6. The van der Waals surface area contributed by atoms with Crippen molar-refractivity contribution in [1.29, 1.82) is 0 Å². The highest BCUT2D eigenvalue weighted by Gasteiger charge is 2.27. The van der Waals surface area contributed by atoms with E-state index in [0.29, 0.717) is 32.4 Å². The smallest absolute Gasteiger partial charge is 0.223 e. The molecule has 0 aromatic heterocycles. The third kappa shape index (κ3) is 2.77. The SMILES string of the molecule is C#CC1CC(=O)N(CCCC(N)=O)C1. The van der Waals surface area contributed by atoms with Crippen LogP contribution in [0.2, 0.25) is 0 Å². The minimum atomic E-state index is -0.329. The van der Waals surface area contributed by atoms with Crippen LogP contribution in [0.4, 0.5) is 0 Å². The summed E-state index contributed by atoms with van der Waals surface area (Å²) in [5.41, 5.74) is 4.99. The Balaban J connectivity index is 2.29. The first kappa shape index (κ1) is 10.6. The number of nitrogens with zero attached hydrogens (tertiary/aromatic N) is 1. The molecule has 1 aliphatic heterocycles. The van der Waals surface area contributed by atoms with Crippen molar-refractivity contribution in [1.82, 2.24) is 4.90 Å². The summed E-state index contributed by atoms with van der Waals surface area (Å²) < 4.78 is 0. The number of nitrogens with two attached hydrogens (primary N) is 1. The summed E-state index contributed by atoms with van der Waals surface area (Å²) in [6.45, 7) is 1.20. The molecule has 1 unspecified atom stereocenters. The summed E-state index contributed by atoms with van der Waals surface area (Å²) in [4.78, 5) is 23.5. The van der Waals surface area contributed by atoms with Crippen LogP contribution in [-0.4, -0.2) is 29.8 Å². The van der Waals surface area contributed by atoms with Crippen LogP contribution in [0.25, 0.3) is 0 Å². The van der Waals surface area contributed by atoms with Gasteiger partial charge in [0.1, 0.15) is 0 Å². The number of primary amides is 1. The Morgan fingerprint density at radius 2 is 2.43 bits per heavy atom. The van der Waals surface area contributed by atoms with Gasteiger partial charge >= 0.3 is 0 Å². The fourth-order valence-electron chi connectivity index (χ4n) is 1.54. The van der Waals surface area contributed by atoms with E-state index in [1.165, 1.54) is 0 Å². The van der Waals surface area contributed by atoms with Crippen LogP contribution in [0.15, 0.2) is 0 Å². The quantitative estimate of drug-likeness (QED) is 0.626. The topological polar surface area (TPSA) is 63.4 Å². The van der Waals surface area contributed by atoms with Gasteiger partial charge in [-0.2, -0.15) is 0 Å². The highest BCUT2D eigenvalue weighted by molar-refractivity contribution is 5.79. The van der Waals surface area contributed by atoms with Crippen molar-refractivity contribution in [2.45, 2.75) is 19.3 Å². The molecule has 1 rings (SSSR count). The molecule has 4 nitrogen and oxygen atoms in total. The number of carbonyl (C=O) groups is 2. The Kier molecular flexibility index (Phi) is 3.52. The lowest BCUT2D eigenvalue weighted by Crippen LogP contribution is -2.27. The fraction of sp³-hybridized carbons (Fsp3) is 0.600. The van der Waals surface area contributed by atoms with Crippen LogP contribution in [0.3, 0.4) is 0 Å².